The molecule has 2 amide bonds. The van der Waals surface area contributed by atoms with Gasteiger partial charge in [0.25, 0.3) is 0 Å². The third kappa shape index (κ3) is 4.42. The smallest absolute Gasteiger partial charge is 0.319 e. The minimum Gasteiger partial charge on any atom is -0.409 e. The van der Waals surface area contributed by atoms with Crippen molar-refractivity contribution in [1.29, 1.82) is 0 Å². The highest BCUT2D eigenvalue weighted by atomic mass is 16.4. The quantitative estimate of drug-likeness (QED) is 0.273. The van der Waals surface area contributed by atoms with Gasteiger partial charge in [0.1, 0.15) is 5.84 Å². The Morgan fingerprint density at radius 3 is 2.59 bits per heavy atom. The van der Waals surface area contributed by atoms with E-state index in [0.29, 0.717) is 18.7 Å². The number of amidine groups is 1. The second kappa shape index (κ2) is 6.37. The van der Waals surface area contributed by atoms with E-state index in [1.807, 2.05) is 6.92 Å². The van der Waals surface area contributed by atoms with Crippen LogP contribution in [0, 0.1) is 0 Å². The summed E-state index contributed by atoms with van der Waals surface area (Å²) in [6.07, 6.45) is 0.373. The third-order valence-electron chi connectivity index (χ3n) is 2.06. The number of carbonyl (C=O) groups is 1. The Balaban J connectivity index is 2.59. The van der Waals surface area contributed by atoms with Gasteiger partial charge in [0.2, 0.25) is 0 Å². The van der Waals surface area contributed by atoms with Crippen LogP contribution in [0.2, 0.25) is 0 Å². The number of anilines is 1. The van der Waals surface area contributed by atoms with Gasteiger partial charge in [-0.05, 0) is 24.6 Å². The zero-order chi connectivity index (χ0) is 12.7. The number of carbonyl (C=O) groups excluding carboxylic acids is 1. The summed E-state index contributed by atoms with van der Waals surface area (Å²) < 4.78 is 0. The molecule has 6 heteroatoms. The second-order valence-electron chi connectivity index (χ2n) is 3.45. The Morgan fingerprint density at radius 2 is 2.06 bits per heavy atom. The van der Waals surface area contributed by atoms with Crippen molar-refractivity contribution < 1.29 is 10.0 Å². The summed E-state index contributed by atoms with van der Waals surface area (Å²) in [6.45, 7) is 2.42. The lowest BCUT2D eigenvalue weighted by Gasteiger charge is -2.06. The van der Waals surface area contributed by atoms with Gasteiger partial charge in [-0.3, -0.25) is 0 Å². The monoisotopic (exact) mass is 236 g/mol. The summed E-state index contributed by atoms with van der Waals surface area (Å²) in [7, 11) is 0. The van der Waals surface area contributed by atoms with Crippen LogP contribution in [0.15, 0.2) is 29.4 Å². The summed E-state index contributed by atoms with van der Waals surface area (Å²) in [5, 5.41) is 16.6. The van der Waals surface area contributed by atoms with Gasteiger partial charge in [0.15, 0.2) is 0 Å². The Hall–Kier alpha value is -2.24. The molecule has 0 atom stereocenters. The highest BCUT2D eigenvalue weighted by Crippen LogP contribution is 2.09. The molecule has 0 saturated carbocycles. The fourth-order valence-electron chi connectivity index (χ4n) is 1.29. The van der Waals surface area contributed by atoms with E-state index in [1.54, 1.807) is 24.3 Å². The lowest BCUT2D eigenvalue weighted by molar-refractivity contribution is 0.252. The third-order valence-corrected chi connectivity index (χ3v) is 2.06. The van der Waals surface area contributed by atoms with E-state index in [0.717, 1.165) is 5.56 Å². The van der Waals surface area contributed by atoms with E-state index in [9.17, 15) is 4.79 Å². The van der Waals surface area contributed by atoms with Gasteiger partial charge >= 0.3 is 6.03 Å². The summed E-state index contributed by atoms with van der Waals surface area (Å²) in [5.74, 6) is 0.148. The van der Waals surface area contributed by atoms with E-state index < -0.39 is 0 Å². The fraction of sp³-hybridized carbons (Fsp3) is 0.273. The molecule has 0 bridgehead atoms. The van der Waals surface area contributed by atoms with E-state index in [-0.39, 0.29) is 11.9 Å². The number of nitrogens with two attached hydrogens (primary N) is 1. The number of benzene rings is 1. The lowest BCUT2D eigenvalue weighted by Crippen LogP contribution is -2.28. The highest BCUT2D eigenvalue weighted by Gasteiger charge is 2.01. The maximum atomic E-state index is 11.2. The van der Waals surface area contributed by atoms with Crippen LogP contribution in [0.3, 0.4) is 0 Å². The molecule has 0 fully saturated rings. The molecule has 0 unspecified atom stereocenters. The zero-order valence-electron chi connectivity index (χ0n) is 9.60. The highest BCUT2D eigenvalue weighted by molar-refractivity contribution is 5.89. The molecular weight excluding hydrogens is 220 g/mol. The molecule has 0 aromatic heterocycles. The molecule has 5 N–H and O–H groups in total. The molecule has 1 rings (SSSR count). The van der Waals surface area contributed by atoms with Crippen LogP contribution in [0.1, 0.15) is 12.5 Å². The summed E-state index contributed by atoms with van der Waals surface area (Å²) in [5.41, 5.74) is 6.98. The number of hydrogen-bond donors (Lipinski definition) is 4. The van der Waals surface area contributed by atoms with Gasteiger partial charge in [0, 0.05) is 18.7 Å². The SMILES string of the molecule is CCNC(=O)Nc1ccc(C/C(N)=N/O)cc1. The van der Waals surface area contributed by atoms with E-state index in [1.165, 1.54) is 0 Å². The van der Waals surface area contributed by atoms with Crippen LogP contribution in [0.25, 0.3) is 0 Å². The number of hydrogen-bond acceptors (Lipinski definition) is 3. The number of rotatable bonds is 4. The second-order valence-corrected chi connectivity index (χ2v) is 3.45. The predicted molar refractivity (Wildman–Crippen MR) is 66.3 cm³/mol. The van der Waals surface area contributed by atoms with Crippen molar-refractivity contribution in [2.24, 2.45) is 10.9 Å². The van der Waals surface area contributed by atoms with Gasteiger partial charge in [-0.2, -0.15) is 0 Å². The molecule has 1 aromatic rings. The molecule has 6 nitrogen and oxygen atoms in total. The van der Waals surface area contributed by atoms with Crippen molar-refractivity contribution in [3.8, 4) is 0 Å². The zero-order valence-corrected chi connectivity index (χ0v) is 9.60. The average Bonchev–Trinajstić information content (AvgIpc) is 2.32. The first-order valence-electron chi connectivity index (χ1n) is 5.26. The first-order valence-corrected chi connectivity index (χ1v) is 5.26. The molecule has 0 saturated heterocycles. The van der Waals surface area contributed by atoms with Gasteiger partial charge < -0.3 is 21.6 Å². The van der Waals surface area contributed by atoms with Crippen molar-refractivity contribution >= 4 is 17.6 Å². The average molecular weight is 236 g/mol. The van der Waals surface area contributed by atoms with Crippen LogP contribution in [0.5, 0.6) is 0 Å². The fourth-order valence-corrected chi connectivity index (χ4v) is 1.29. The number of nitrogens with zero attached hydrogens (tertiary/aromatic N) is 1. The van der Waals surface area contributed by atoms with Crippen molar-refractivity contribution in [1.82, 2.24) is 5.32 Å². The molecule has 0 spiro atoms. The molecule has 0 aliphatic rings. The standard InChI is InChI=1S/C11H16N4O2/c1-2-13-11(16)14-9-5-3-8(4-6-9)7-10(12)15-17/h3-6,17H,2,7H2,1H3,(H2,12,15)(H2,13,14,16). The summed E-state index contributed by atoms with van der Waals surface area (Å²) in [6, 6.07) is 6.89. The van der Waals surface area contributed by atoms with Crippen molar-refractivity contribution in [3.63, 3.8) is 0 Å². The van der Waals surface area contributed by atoms with Gasteiger partial charge in [-0.15, -0.1) is 0 Å². The molecule has 0 aliphatic heterocycles. The Bertz CT molecular complexity index is 400. The van der Waals surface area contributed by atoms with Gasteiger partial charge in [-0.1, -0.05) is 17.3 Å². The summed E-state index contributed by atoms with van der Waals surface area (Å²) >= 11 is 0. The number of amides is 2. The van der Waals surface area contributed by atoms with Gasteiger partial charge in [0.05, 0.1) is 0 Å². The first kappa shape index (κ1) is 12.8. The molecule has 1 aromatic carbocycles. The molecular formula is C11H16N4O2. The van der Waals surface area contributed by atoms with Crippen LogP contribution in [0.4, 0.5) is 10.5 Å². The Morgan fingerprint density at radius 1 is 1.41 bits per heavy atom. The summed E-state index contributed by atoms with van der Waals surface area (Å²) in [4.78, 5) is 11.2. The molecule has 0 aliphatic carbocycles. The largest absolute Gasteiger partial charge is 0.409 e. The van der Waals surface area contributed by atoms with Crippen LogP contribution in [-0.2, 0) is 6.42 Å². The number of oxime groups is 1. The molecule has 0 radical (unpaired) electrons. The number of nitrogens with one attached hydrogen (secondary N) is 2. The minimum atomic E-state index is -0.239. The first-order chi connectivity index (χ1) is 8.15. The van der Waals surface area contributed by atoms with Crippen molar-refractivity contribution in [3.05, 3.63) is 29.8 Å². The molecule has 0 heterocycles. The topological polar surface area (TPSA) is 99.7 Å². The number of urea groups is 1. The van der Waals surface area contributed by atoms with Crippen molar-refractivity contribution in [2.45, 2.75) is 13.3 Å². The lowest BCUT2D eigenvalue weighted by atomic mass is 10.1. The van der Waals surface area contributed by atoms with Gasteiger partial charge in [-0.25, -0.2) is 4.79 Å². The Labute approximate surface area is 99.5 Å². The minimum absolute atomic E-state index is 0.148. The van der Waals surface area contributed by atoms with E-state index in [4.69, 9.17) is 10.9 Å². The Kier molecular flexibility index (Phi) is 4.80. The van der Waals surface area contributed by atoms with Crippen molar-refractivity contribution in [2.75, 3.05) is 11.9 Å². The van der Waals surface area contributed by atoms with E-state index >= 15 is 0 Å². The maximum absolute atomic E-state index is 11.2. The van der Waals surface area contributed by atoms with Crippen LogP contribution < -0.4 is 16.4 Å². The van der Waals surface area contributed by atoms with Crippen LogP contribution >= 0.6 is 0 Å². The van der Waals surface area contributed by atoms with E-state index in [2.05, 4.69) is 15.8 Å². The van der Waals surface area contributed by atoms with Crippen LogP contribution in [-0.4, -0.2) is 23.6 Å². The molecule has 17 heavy (non-hydrogen) atoms. The maximum Gasteiger partial charge on any atom is 0.319 e. The normalized spacial score (nSPS) is 11.0. The predicted octanol–water partition coefficient (Wildman–Crippen LogP) is 1.12. The molecule has 92 valence electrons.